The van der Waals surface area contributed by atoms with Gasteiger partial charge in [-0.3, -0.25) is 4.79 Å². The van der Waals surface area contributed by atoms with Gasteiger partial charge >= 0.3 is 12.1 Å². The summed E-state index contributed by atoms with van der Waals surface area (Å²) in [6.45, 7) is 9.14. The van der Waals surface area contributed by atoms with Gasteiger partial charge in [0.15, 0.2) is 0 Å². The summed E-state index contributed by atoms with van der Waals surface area (Å²) in [5.74, 6) is -0.840. The van der Waals surface area contributed by atoms with E-state index in [1.54, 1.807) is 20.8 Å². The molecule has 2 unspecified atom stereocenters. The fraction of sp³-hybridized carbons (Fsp3) is 0.522. The third kappa shape index (κ3) is 7.31. The number of rotatable bonds is 8. The van der Waals surface area contributed by atoms with Crippen LogP contribution < -0.4 is 10.6 Å². The molecule has 0 fully saturated rings. The highest BCUT2D eigenvalue weighted by atomic mass is 16.6. The van der Waals surface area contributed by atoms with E-state index in [9.17, 15) is 14.4 Å². The molecule has 8 heteroatoms. The Hall–Kier alpha value is -3.03. The molecule has 0 bridgehead atoms. The molecule has 2 rings (SSSR count). The van der Waals surface area contributed by atoms with E-state index in [1.165, 1.54) is 7.11 Å². The molecule has 3 N–H and O–H groups in total. The molecule has 31 heavy (non-hydrogen) atoms. The molecule has 0 radical (unpaired) electrons. The first-order valence-electron chi connectivity index (χ1n) is 10.4. The first-order chi connectivity index (χ1) is 14.5. The van der Waals surface area contributed by atoms with Crippen molar-refractivity contribution in [2.45, 2.75) is 65.1 Å². The Labute approximate surface area is 183 Å². The average molecular weight is 432 g/mol. The number of fused-ring (bicyclic) bond motifs is 1. The van der Waals surface area contributed by atoms with Gasteiger partial charge in [-0.05, 0) is 44.7 Å². The number of H-pyrrole nitrogens is 1. The van der Waals surface area contributed by atoms with Crippen LogP contribution >= 0.6 is 0 Å². The maximum atomic E-state index is 13.1. The van der Waals surface area contributed by atoms with Crippen molar-refractivity contribution in [2.75, 3.05) is 7.11 Å². The molecular formula is C23H33N3O5. The smallest absolute Gasteiger partial charge is 0.408 e. The molecule has 0 aliphatic heterocycles. The Balaban J connectivity index is 2.25. The minimum Gasteiger partial charge on any atom is -0.467 e. The topological polar surface area (TPSA) is 110 Å². The number of aromatic amines is 1. The van der Waals surface area contributed by atoms with Crippen LogP contribution in [0.15, 0.2) is 30.5 Å². The van der Waals surface area contributed by atoms with E-state index in [-0.39, 0.29) is 12.3 Å². The summed E-state index contributed by atoms with van der Waals surface area (Å²) < 4.78 is 10.2. The van der Waals surface area contributed by atoms with Gasteiger partial charge in [-0.15, -0.1) is 0 Å². The van der Waals surface area contributed by atoms with E-state index in [0.717, 1.165) is 16.5 Å². The van der Waals surface area contributed by atoms with Crippen molar-refractivity contribution in [3.8, 4) is 0 Å². The largest absolute Gasteiger partial charge is 0.467 e. The second kappa shape index (κ2) is 10.3. The van der Waals surface area contributed by atoms with Crippen LogP contribution in [0.25, 0.3) is 10.9 Å². The number of carbonyl (C=O) groups excluding carboxylic acids is 3. The van der Waals surface area contributed by atoms with E-state index >= 15 is 0 Å². The van der Waals surface area contributed by atoms with Gasteiger partial charge in [0.1, 0.15) is 17.7 Å². The van der Waals surface area contributed by atoms with Gasteiger partial charge in [-0.25, -0.2) is 9.59 Å². The first-order valence-corrected chi connectivity index (χ1v) is 10.4. The molecule has 1 aromatic heterocycles. The minimum absolute atomic E-state index is 0.162. The first kappa shape index (κ1) is 24.2. The number of nitrogens with one attached hydrogen (secondary N) is 3. The summed E-state index contributed by atoms with van der Waals surface area (Å²) in [4.78, 5) is 40.8. The standard InChI is InChI=1S/C23H33N3O5/c1-14(2)11-19(21(28)30-6)25-20(27)18(26-22(29)31-23(3,4)5)12-15-13-24-17-10-8-7-9-16(15)17/h7-10,13-14,18-19,24H,11-12H2,1-6H3,(H,25,27)(H,26,29). The number of amides is 2. The Bertz CT molecular complexity index is 913. The van der Waals surface area contributed by atoms with Gasteiger partial charge in [0.2, 0.25) is 5.91 Å². The molecule has 0 spiro atoms. The second-order valence-electron chi connectivity index (χ2n) is 8.98. The van der Waals surface area contributed by atoms with Crippen molar-refractivity contribution in [3.63, 3.8) is 0 Å². The molecule has 1 aromatic carbocycles. The fourth-order valence-corrected chi connectivity index (χ4v) is 3.28. The number of ether oxygens (including phenoxy) is 2. The van der Waals surface area contributed by atoms with Gasteiger partial charge in [-0.2, -0.15) is 0 Å². The summed E-state index contributed by atoms with van der Waals surface area (Å²) in [6, 6.07) is 5.96. The maximum absolute atomic E-state index is 13.1. The van der Waals surface area contributed by atoms with Crippen molar-refractivity contribution in [1.82, 2.24) is 15.6 Å². The lowest BCUT2D eigenvalue weighted by Crippen LogP contribution is -2.53. The number of benzene rings is 1. The summed E-state index contributed by atoms with van der Waals surface area (Å²) >= 11 is 0. The lowest BCUT2D eigenvalue weighted by atomic mass is 10.0. The minimum atomic E-state index is -0.937. The Morgan fingerprint density at radius 3 is 2.35 bits per heavy atom. The maximum Gasteiger partial charge on any atom is 0.408 e. The fourth-order valence-electron chi connectivity index (χ4n) is 3.28. The van der Waals surface area contributed by atoms with Crippen LogP contribution in [0.2, 0.25) is 0 Å². The van der Waals surface area contributed by atoms with E-state index in [4.69, 9.17) is 9.47 Å². The van der Waals surface area contributed by atoms with E-state index in [2.05, 4.69) is 15.6 Å². The number of carbonyl (C=O) groups is 3. The molecule has 1 heterocycles. The molecular weight excluding hydrogens is 398 g/mol. The zero-order chi connectivity index (χ0) is 23.2. The van der Waals surface area contributed by atoms with Crippen LogP contribution in [0.1, 0.15) is 46.6 Å². The van der Waals surface area contributed by atoms with Gasteiger partial charge in [-0.1, -0.05) is 32.0 Å². The highest BCUT2D eigenvalue weighted by molar-refractivity contribution is 5.91. The SMILES string of the molecule is COC(=O)C(CC(C)C)NC(=O)C(Cc1c[nH]c2ccccc12)NC(=O)OC(C)(C)C. The molecule has 2 amide bonds. The Morgan fingerprint density at radius 2 is 1.74 bits per heavy atom. The van der Waals surface area contributed by atoms with Crippen LogP contribution in [0, 0.1) is 5.92 Å². The summed E-state index contributed by atoms with van der Waals surface area (Å²) in [7, 11) is 1.28. The Morgan fingerprint density at radius 1 is 1.06 bits per heavy atom. The second-order valence-corrected chi connectivity index (χ2v) is 8.98. The Kier molecular flexibility index (Phi) is 8.08. The van der Waals surface area contributed by atoms with Gasteiger partial charge in [0.25, 0.3) is 0 Å². The van der Waals surface area contributed by atoms with E-state index < -0.39 is 35.7 Å². The number of aromatic nitrogens is 1. The van der Waals surface area contributed by atoms with E-state index in [0.29, 0.717) is 6.42 Å². The lowest BCUT2D eigenvalue weighted by molar-refractivity contribution is -0.145. The van der Waals surface area contributed by atoms with Gasteiger partial charge in [0.05, 0.1) is 7.11 Å². The highest BCUT2D eigenvalue weighted by Gasteiger charge is 2.30. The molecule has 2 aromatic rings. The number of hydrogen-bond acceptors (Lipinski definition) is 5. The molecule has 8 nitrogen and oxygen atoms in total. The van der Waals surface area contributed by atoms with Gasteiger partial charge in [0, 0.05) is 23.5 Å². The summed E-state index contributed by atoms with van der Waals surface area (Å²) in [6.07, 6.45) is 1.76. The monoisotopic (exact) mass is 431 g/mol. The molecule has 0 aliphatic carbocycles. The van der Waals surface area contributed by atoms with Crippen molar-refractivity contribution in [1.29, 1.82) is 0 Å². The molecule has 0 saturated carbocycles. The molecule has 0 saturated heterocycles. The van der Waals surface area contributed by atoms with Crippen LogP contribution in [-0.4, -0.2) is 47.7 Å². The molecule has 170 valence electrons. The zero-order valence-corrected chi connectivity index (χ0v) is 19.1. The predicted molar refractivity (Wildman–Crippen MR) is 119 cm³/mol. The lowest BCUT2D eigenvalue weighted by Gasteiger charge is -2.25. The van der Waals surface area contributed by atoms with Crippen molar-refractivity contribution in [3.05, 3.63) is 36.0 Å². The average Bonchev–Trinajstić information content (AvgIpc) is 3.07. The van der Waals surface area contributed by atoms with Crippen LogP contribution in [-0.2, 0) is 25.5 Å². The summed E-state index contributed by atoms with van der Waals surface area (Å²) in [5, 5.41) is 6.34. The highest BCUT2D eigenvalue weighted by Crippen LogP contribution is 2.20. The van der Waals surface area contributed by atoms with Gasteiger partial charge < -0.3 is 25.1 Å². The number of alkyl carbamates (subject to hydrolysis) is 1. The molecule has 2 atom stereocenters. The van der Waals surface area contributed by atoms with Crippen LogP contribution in [0.4, 0.5) is 4.79 Å². The van der Waals surface area contributed by atoms with Crippen LogP contribution in [0.5, 0.6) is 0 Å². The number of esters is 1. The van der Waals surface area contributed by atoms with Crippen molar-refractivity contribution < 1.29 is 23.9 Å². The van der Waals surface area contributed by atoms with Crippen molar-refractivity contribution in [2.24, 2.45) is 5.92 Å². The third-order valence-corrected chi connectivity index (χ3v) is 4.62. The number of methoxy groups -OCH3 is 1. The molecule has 0 aliphatic rings. The zero-order valence-electron chi connectivity index (χ0n) is 19.1. The number of hydrogen-bond donors (Lipinski definition) is 3. The number of para-hydroxylation sites is 1. The van der Waals surface area contributed by atoms with Crippen LogP contribution in [0.3, 0.4) is 0 Å². The van der Waals surface area contributed by atoms with E-state index in [1.807, 2.05) is 44.3 Å². The summed E-state index contributed by atoms with van der Waals surface area (Å²) in [5.41, 5.74) is 1.09. The quantitative estimate of drug-likeness (QED) is 0.556. The predicted octanol–water partition coefficient (Wildman–Crippen LogP) is 3.31. The normalized spacial score (nSPS) is 13.5. The third-order valence-electron chi connectivity index (χ3n) is 4.62. The van der Waals surface area contributed by atoms with Crippen molar-refractivity contribution >= 4 is 28.9 Å².